The van der Waals surface area contributed by atoms with Gasteiger partial charge >= 0.3 is 6.03 Å². The highest BCUT2D eigenvalue weighted by Gasteiger charge is 2.37. The molecule has 0 aliphatic carbocycles. The minimum atomic E-state index is -0.537. The Balaban J connectivity index is 2.29. The zero-order valence-electron chi connectivity index (χ0n) is 9.62. The molecule has 3 amide bonds. The molecule has 1 fully saturated rings. The third-order valence-electron chi connectivity index (χ3n) is 2.75. The molecule has 18 heavy (non-hydrogen) atoms. The lowest BCUT2D eigenvalue weighted by atomic mass is 10.2. The van der Waals surface area contributed by atoms with Gasteiger partial charge in [0.2, 0.25) is 0 Å². The molecule has 1 aliphatic rings. The van der Waals surface area contributed by atoms with Crippen molar-refractivity contribution in [3.05, 3.63) is 34.4 Å². The first-order valence-corrected chi connectivity index (χ1v) is 5.43. The predicted octanol–water partition coefficient (Wildman–Crippen LogP) is 1.43. The summed E-state index contributed by atoms with van der Waals surface area (Å²) in [5, 5.41) is 13.0. The van der Waals surface area contributed by atoms with E-state index in [1.165, 1.54) is 24.3 Å². The topological polar surface area (TPSA) is 92.6 Å². The SMILES string of the molecule is CCC1NC(=O)N(c2ccc([N+](=O)[O-])cc2)C1=O. The number of anilines is 1. The summed E-state index contributed by atoms with van der Waals surface area (Å²) in [6.45, 7) is 1.79. The first-order chi connectivity index (χ1) is 8.54. The third-order valence-corrected chi connectivity index (χ3v) is 2.75. The second-order valence-electron chi connectivity index (χ2n) is 3.86. The van der Waals surface area contributed by atoms with E-state index in [-0.39, 0.29) is 11.6 Å². The van der Waals surface area contributed by atoms with E-state index < -0.39 is 17.0 Å². The third kappa shape index (κ3) is 1.90. The van der Waals surface area contributed by atoms with E-state index in [9.17, 15) is 19.7 Å². The van der Waals surface area contributed by atoms with Crippen LogP contribution in [0.1, 0.15) is 13.3 Å². The van der Waals surface area contributed by atoms with Gasteiger partial charge in [0.05, 0.1) is 10.6 Å². The molecule has 1 heterocycles. The zero-order chi connectivity index (χ0) is 13.3. The molecule has 94 valence electrons. The van der Waals surface area contributed by atoms with Gasteiger partial charge in [0, 0.05) is 12.1 Å². The molecule has 1 aliphatic heterocycles. The van der Waals surface area contributed by atoms with E-state index in [2.05, 4.69) is 5.32 Å². The van der Waals surface area contributed by atoms with E-state index in [0.29, 0.717) is 12.1 Å². The molecule has 0 radical (unpaired) electrons. The molecule has 7 nitrogen and oxygen atoms in total. The smallest absolute Gasteiger partial charge is 0.325 e. The molecular weight excluding hydrogens is 238 g/mol. The summed E-state index contributed by atoms with van der Waals surface area (Å²) >= 11 is 0. The Kier molecular flexibility index (Phi) is 2.97. The first kappa shape index (κ1) is 12.0. The number of carbonyl (C=O) groups is 2. The van der Waals surface area contributed by atoms with Crippen LogP contribution in [0.2, 0.25) is 0 Å². The number of nitro groups is 1. The fraction of sp³-hybridized carbons (Fsp3) is 0.273. The number of benzene rings is 1. The Labute approximate surface area is 103 Å². The number of urea groups is 1. The molecule has 0 saturated carbocycles. The molecule has 1 aromatic carbocycles. The van der Waals surface area contributed by atoms with Gasteiger partial charge in [-0.05, 0) is 18.6 Å². The van der Waals surface area contributed by atoms with Crippen LogP contribution >= 0.6 is 0 Å². The van der Waals surface area contributed by atoms with Crippen molar-refractivity contribution in [2.45, 2.75) is 19.4 Å². The van der Waals surface area contributed by atoms with Gasteiger partial charge in [-0.3, -0.25) is 14.9 Å². The Morgan fingerprint density at radius 1 is 1.33 bits per heavy atom. The maximum absolute atomic E-state index is 11.9. The van der Waals surface area contributed by atoms with Gasteiger partial charge in [-0.15, -0.1) is 0 Å². The Morgan fingerprint density at radius 2 is 1.94 bits per heavy atom. The average molecular weight is 249 g/mol. The number of non-ortho nitro benzene ring substituents is 1. The van der Waals surface area contributed by atoms with E-state index in [1.54, 1.807) is 6.92 Å². The number of amides is 3. The largest absolute Gasteiger partial charge is 0.329 e. The summed E-state index contributed by atoms with van der Waals surface area (Å²) in [6, 6.07) is 4.26. The summed E-state index contributed by atoms with van der Waals surface area (Å²) < 4.78 is 0. The highest BCUT2D eigenvalue weighted by molar-refractivity contribution is 6.21. The Bertz CT molecular complexity index is 512. The van der Waals surface area contributed by atoms with Crippen molar-refractivity contribution in [1.29, 1.82) is 0 Å². The summed E-state index contributed by atoms with van der Waals surface area (Å²) in [4.78, 5) is 34.5. The number of rotatable bonds is 3. The number of nitrogens with one attached hydrogen (secondary N) is 1. The van der Waals surface area contributed by atoms with Crippen LogP contribution in [0.4, 0.5) is 16.2 Å². The molecule has 1 atom stereocenters. The van der Waals surface area contributed by atoms with Gasteiger partial charge in [0.1, 0.15) is 6.04 Å². The van der Waals surface area contributed by atoms with Gasteiger partial charge in [-0.1, -0.05) is 6.92 Å². The van der Waals surface area contributed by atoms with E-state index in [4.69, 9.17) is 0 Å². The lowest BCUT2D eigenvalue weighted by Gasteiger charge is -2.12. The summed E-state index contributed by atoms with van der Waals surface area (Å²) in [5.74, 6) is -0.337. The van der Waals surface area contributed by atoms with Crippen molar-refractivity contribution in [3.63, 3.8) is 0 Å². The fourth-order valence-electron chi connectivity index (χ4n) is 1.78. The maximum atomic E-state index is 11.9. The maximum Gasteiger partial charge on any atom is 0.329 e. The lowest BCUT2D eigenvalue weighted by Crippen LogP contribution is -2.31. The minimum absolute atomic E-state index is 0.0853. The molecule has 0 aromatic heterocycles. The van der Waals surface area contributed by atoms with Crippen LogP contribution < -0.4 is 10.2 Å². The molecule has 0 bridgehead atoms. The Morgan fingerprint density at radius 3 is 2.39 bits per heavy atom. The van der Waals surface area contributed by atoms with Crippen molar-refractivity contribution < 1.29 is 14.5 Å². The van der Waals surface area contributed by atoms with Gasteiger partial charge in [-0.25, -0.2) is 9.69 Å². The van der Waals surface area contributed by atoms with Crippen LogP contribution in [0, 0.1) is 10.1 Å². The fourth-order valence-corrected chi connectivity index (χ4v) is 1.78. The quantitative estimate of drug-likeness (QED) is 0.498. The summed E-state index contributed by atoms with van der Waals surface area (Å²) in [5.41, 5.74) is 0.247. The number of nitro benzene ring substituents is 1. The molecule has 1 unspecified atom stereocenters. The van der Waals surface area contributed by atoms with Crippen LogP contribution in [-0.4, -0.2) is 22.9 Å². The van der Waals surface area contributed by atoms with Crippen molar-refractivity contribution in [2.75, 3.05) is 4.90 Å². The minimum Gasteiger partial charge on any atom is -0.325 e. The van der Waals surface area contributed by atoms with Crippen molar-refractivity contribution in [1.82, 2.24) is 5.32 Å². The zero-order valence-corrected chi connectivity index (χ0v) is 9.62. The van der Waals surface area contributed by atoms with Crippen LogP contribution in [0.25, 0.3) is 0 Å². The van der Waals surface area contributed by atoms with Crippen LogP contribution in [-0.2, 0) is 4.79 Å². The second kappa shape index (κ2) is 4.44. The second-order valence-corrected chi connectivity index (χ2v) is 3.86. The van der Waals surface area contributed by atoms with Crippen molar-refractivity contribution >= 4 is 23.3 Å². The molecular formula is C11H11N3O4. The number of nitrogens with zero attached hydrogens (tertiary/aromatic N) is 2. The molecule has 1 aromatic rings. The normalized spacial score (nSPS) is 18.9. The monoisotopic (exact) mass is 249 g/mol. The predicted molar refractivity (Wildman–Crippen MR) is 63.2 cm³/mol. The number of imide groups is 1. The van der Waals surface area contributed by atoms with Gasteiger partial charge in [0.25, 0.3) is 11.6 Å². The van der Waals surface area contributed by atoms with Gasteiger partial charge in [-0.2, -0.15) is 0 Å². The van der Waals surface area contributed by atoms with Gasteiger partial charge in [0.15, 0.2) is 0 Å². The van der Waals surface area contributed by atoms with E-state index in [0.717, 1.165) is 4.90 Å². The summed E-state index contributed by atoms with van der Waals surface area (Å²) in [7, 11) is 0. The molecule has 1 saturated heterocycles. The first-order valence-electron chi connectivity index (χ1n) is 5.43. The summed E-state index contributed by atoms with van der Waals surface area (Å²) in [6.07, 6.45) is 0.508. The van der Waals surface area contributed by atoms with Crippen LogP contribution in [0.5, 0.6) is 0 Å². The molecule has 7 heteroatoms. The van der Waals surface area contributed by atoms with E-state index >= 15 is 0 Å². The highest BCUT2D eigenvalue weighted by Crippen LogP contribution is 2.23. The van der Waals surface area contributed by atoms with Crippen LogP contribution in [0.15, 0.2) is 24.3 Å². The standard InChI is InChI=1S/C11H11N3O4/c1-2-9-10(15)13(11(16)12-9)7-3-5-8(6-4-7)14(17)18/h3-6,9H,2H2,1H3,(H,12,16). The number of carbonyl (C=O) groups excluding carboxylic acids is 2. The van der Waals surface area contributed by atoms with Crippen molar-refractivity contribution in [2.24, 2.45) is 0 Å². The van der Waals surface area contributed by atoms with E-state index in [1.807, 2.05) is 0 Å². The molecule has 0 spiro atoms. The number of hydrogen-bond donors (Lipinski definition) is 1. The van der Waals surface area contributed by atoms with Gasteiger partial charge < -0.3 is 5.32 Å². The number of hydrogen-bond acceptors (Lipinski definition) is 4. The van der Waals surface area contributed by atoms with Crippen molar-refractivity contribution in [3.8, 4) is 0 Å². The lowest BCUT2D eigenvalue weighted by molar-refractivity contribution is -0.384. The van der Waals surface area contributed by atoms with Crippen LogP contribution in [0.3, 0.4) is 0 Å². The Hall–Kier alpha value is -2.44. The average Bonchev–Trinajstić information content (AvgIpc) is 2.64. The molecule has 1 N–H and O–H groups in total. The molecule has 2 rings (SSSR count). The highest BCUT2D eigenvalue weighted by atomic mass is 16.6.